The van der Waals surface area contributed by atoms with Gasteiger partial charge in [-0.1, -0.05) is 24.3 Å². The maximum atomic E-state index is 13.3. The highest BCUT2D eigenvalue weighted by Gasteiger charge is 2.21. The van der Waals surface area contributed by atoms with Crippen LogP contribution in [0.15, 0.2) is 42.5 Å². The summed E-state index contributed by atoms with van der Waals surface area (Å²) in [6.45, 7) is 11.8. The van der Waals surface area contributed by atoms with Gasteiger partial charge in [0.15, 0.2) is 20.0 Å². The largest absolute Gasteiger partial charge is 0.289 e. The quantitative estimate of drug-likeness (QED) is 0.383. The van der Waals surface area contributed by atoms with Gasteiger partial charge in [0.05, 0.1) is 5.30 Å². The maximum absolute atomic E-state index is 13.3. The van der Waals surface area contributed by atoms with Gasteiger partial charge in [0.1, 0.15) is 0 Å². The molecule has 0 aliphatic heterocycles. The van der Waals surface area contributed by atoms with Crippen LogP contribution in [0.5, 0.6) is 0 Å². The van der Waals surface area contributed by atoms with E-state index in [1.54, 1.807) is 24.3 Å². The van der Waals surface area contributed by atoms with Crippen molar-refractivity contribution >= 4 is 25.3 Å². The fourth-order valence-corrected chi connectivity index (χ4v) is 4.04. The van der Waals surface area contributed by atoms with E-state index in [0.29, 0.717) is 27.6 Å². The lowest BCUT2D eigenvalue weighted by Gasteiger charge is -2.13. The van der Waals surface area contributed by atoms with E-state index in [9.17, 15) is 14.2 Å². The summed E-state index contributed by atoms with van der Waals surface area (Å²) in [5, 5.41) is 0.381. The average Bonchev–Trinajstić information content (AvgIpc) is 2.74. The average molecular weight is 416 g/mol. The molecule has 3 rings (SSSR count). The van der Waals surface area contributed by atoms with Gasteiger partial charge in [0.2, 0.25) is 0 Å². The normalized spacial score (nSPS) is 11.0. The minimum absolute atomic E-state index is 0.143. The molecular weight excluding hydrogens is 391 g/mol. The molecule has 0 N–H and O–H groups in total. The van der Waals surface area contributed by atoms with Crippen LogP contribution < -0.4 is 5.30 Å². The minimum atomic E-state index is -0.250. The Morgan fingerprint density at radius 1 is 0.600 bits per heavy atom. The highest BCUT2D eigenvalue weighted by atomic mass is 31.1. The number of carbonyl (C=O) groups is 2. The molecule has 0 aliphatic carbocycles. The maximum Gasteiger partial charge on any atom is 0.194 e. The first-order valence-corrected chi connectivity index (χ1v) is 10.7. The lowest BCUT2D eigenvalue weighted by Crippen LogP contribution is -2.16. The van der Waals surface area contributed by atoms with Crippen LogP contribution in [0.4, 0.5) is 0 Å². The van der Waals surface area contributed by atoms with Crippen molar-refractivity contribution in [3.05, 3.63) is 98.1 Å². The van der Waals surface area contributed by atoms with Crippen molar-refractivity contribution in [3.8, 4) is 0 Å². The molecule has 0 atom stereocenters. The Kier molecular flexibility index (Phi) is 6.14. The highest BCUT2D eigenvalue weighted by molar-refractivity contribution is 7.34. The van der Waals surface area contributed by atoms with Crippen molar-refractivity contribution in [2.24, 2.45) is 0 Å². The first-order chi connectivity index (χ1) is 14.2. The molecule has 0 bridgehead atoms. The molecule has 0 fully saturated rings. The number of hydrogen-bond acceptors (Lipinski definition) is 3. The van der Waals surface area contributed by atoms with E-state index < -0.39 is 0 Å². The first kappa shape index (κ1) is 21.8. The summed E-state index contributed by atoms with van der Waals surface area (Å²) in [5.74, 6) is -0.365. The van der Waals surface area contributed by atoms with Gasteiger partial charge >= 0.3 is 0 Å². The topological polar surface area (TPSA) is 51.2 Å². The van der Waals surface area contributed by atoms with Gasteiger partial charge in [0, 0.05) is 22.3 Å². The molecule has 0 saturated heterocycles. The number of rotatable bonds is 5. The summed E-state index contributed by atoms with van der Waals surface area (Å²) in [4.78, 5) is 26.5. The molecule has 0 amide bonds. The second kappa shape index (κ2) is 8.45. The predicted octanol–water partition coefficient (Wildman–Crippen LogP) is 5.92. The second-order valence-electron chi connectivity index (χ2n) is 7.84. The van der Waals surface area contributed by atoms with Crippen molar-refractivity contribution < 1.29 is 14.2 Å². The fourth-order valence-electron chi connectivity index (χ4n) is 3.64. The van der Waals surface area contributed by atoms with Gasteiger partial charge in [-0.2, -0.15) is 0 Å². The Bertz CT molecular complexity index is 1210. The molecule has 3 nitrogen and oxygen atoms in total. The van der Waals surface area contributed by atoms with Crippen LogP contribution in [-0.4, -0.2) is 11.6 Å². The van der Waals surface area contributed by atoms with Crippen molar-refractivity contribution in [3.63, 3.8) is 0 Å². The predicted molar refractivity (Wildman–Crippen MR) is 122 cm³/mol. The van der Waals surface area contributed by atoms with Crippen LogP contribution >= 0.6 is 8.46 Å². The van der Waals surface area contributed by atoms with Gasteiger partial charge in [0.25, 0.3) is 0 Å². The molecule has 0 heterocycles. The van der Waals surface area contributed by atoms with Crippen molar-refractivity contribution in [2.45, 2.75) is 41.5 Å². The van der Waals surface area contributed by atoms with E-state index in [-0.39, 0.29) is 20.0 Å². The summed E-state index contributed by atoms with van der Waals surface area (Å²) in [6, 6.07) is 12.3. The number of carbonyl (C=O) groups excluding carboxylic acids is 2. The Morgan fingerprint density at radius 2 is 1.10 bits per heavy atom. The Hall–Kier alpha value is -2.90. The molecular formula is C26H25O3P. The van der Waals surface area contributed by atoms with Crippen LogP contribution in [0.1, 0.15) is 65.2 Å². The number of aryl methyl sites for hydroxylation is 2. The molecule has 0 aromatic heterocycles. The second-order valence-corrected chi connectivity index (χ2v) is 8.51. The van der Waals surface area contributed by atoms with Gasteiger partial charge in [-0.05, 0) is 93.1 Å². The molecule has 0 saturated carbocycles. The number of benzene rings is 3. The van der Waals surface area contributed by atoms with E-state index in [1.807, 2.05) is 59.7 Å². The fraction of sp³-hybridized carbons (Fsp3) is 0.231. The van der Waals surface area contributed by atoms with Gasteiger partial charge in [-0.25, -0.2) is 0 Å². The lowest BCUT2D eigenvalue weighted by molar-refractivity contribution is 0.103. The summed E-state index contributed by atoms with van der Waals surface area (Å²) in [7, 11) is -0.250. The SMILES string of the molecule is Cc1ccc(C(=O)c2ccc(P=O)c(C(=O)c3ccc(C)c(C)c3C)c2)c(C)c1C. The van der Waals surface area contributed by atoms with Crippen LogP contribution in [0.2, 0.25) is 0 Å². The number of ketones is 2. The third kappa shape index (κ3) is 3.78. The molecule has 152 valence electrons. The van der Waals surface area contributed by atoms with Gasteiger partial charge in [-0.3, -0.25) is 14.2 Å². The van der Waals surface area contributed by atoms with Crippen molar-refractivity contribution in [1.82, 2.24) is 0 Å². The van der Waals surface area contributed by atoms with Crippen LogP contribution in [0.3, 0.4) is 0 Å². The van der Waals surface area contributed by atoms with Crippen molar-refractivity contribution in [2.75, 3.05) is 0 Å². The molecule has 4 heteroatoms. The Labute approximate surface area is 179 Å². The summed E-state index contributed by atoms with van der Waals surface area (Å²) in [6.07, 6.45) is 0. The molecule has 0 radical (unpaired) electrons. The molecule has 3 aromatic rings. The highest BCUT2D eigenvalue weighted by Crippen LogP contribution is 2.24. The van der Waals surface area contributed by atoms with E-state index in [2.05, 4.69) is 0 Å². The third-order valence-corrected chi connectivity index (χ3v) is 6.79. The zero-order valence-electron chi connectivity index (χ0n) is 18.2. The van der Waals surface area contributed by atoms with Gasteiger partial charge < -0.3 is 0 Å². The molecule has 3 aromatic carbocycles. The van der Waals surface area contributed by atoms with Crippen LogP contribution in [0.25, 0.3) is 0 Å². The summed E-state index contributed by atoms with van der Waals surface area (Å²) < 4.78 is 11.7. The van der Waals surface area contributed by atoms with E-state index in [1.165, 1.54) is 0 Å². The monoisotopic (exact) mass is 416 g/mol. The lowest BCUT2D eigenvalue weighted by atomic mass is 9.90. The number of hydrogen-bond donors (Lipinski definition) is 0. The molecule has 30 heavy (non-hydrogen) atoms. The molecule has 0 spiro atoms. The smallest absolute Gasteiger partial charge is 0.194 e. The van der Waals surface area contributed by atoms with E-state index in [4.69, 9.17) is 0 Å². The first-order valence-electron chi connectivity index (χ1n) is 9.87. The summed E-state index contributed by atoms with van der Waals surface area (Å²) >= 11 is 0. The zero-order chi connectivity index (χ0) is 22.2. The molecule has 0 unspecified atom stereocenters. The zero-order valence-corrected chi connectivity index (χ0v) is 19.1. The van der Waals surface area contributed by atoms with Crippen LogP contribution in [0, 0.1) is 41.5 Å². The summed E-state index contributed by atoms with van der Waals surface area (Å²) in [5.41, 5.74) is 8.10. The van der Waals surface area contributed by atoms with Crippen molar-refractivity contribution in [1.29, 1.82) is 0 Å². The van der Waals surface area contributed by atoms with E-state index in [0.717, 1.165) is 33.4 Å². The molecule has 0 aliphatic rings. The Morgan fingerprint density at radius 3 is 1.60 bits per heavy atom. The minimum Gasteiger partial charge on any atom is -0.289 e. The van der Waals surface area contributed by atoms with Crippen LogP contribution in [-0.2, 0) is 4.57 Å². The van der Waals surface area contributed by atoms with E-state index >= 15 is 0 Å². The van der Waals surface area contributed by atoms with Gasteiger partial charge in [-0.15, -0.1) is 0 Å². The third-order valence-electron chi connectivity index (χ3n) is 6.21. The Balaban J connectivity index is 2.12. The standard InChI is InChI=1S/C26H25O3P/c1-14-7-10-21(18(5)16(14)3)25(27)20-9-12-24(30-29)23(13-20)26(28)22-11-8-15(2)17(4)19(22)6/h7-13H,1-6H3.